The normalized spacial score (nSPS) is 10.0. The van der Waals surface area contributed by atoms with Crippen molar-refractivity contribution in [1.82, 2.24) is 9.78 Å². The minimum absolute atomic E-state index is 0.128. The van der Waals surface area contributed by atoms with Crippen molar-refractivity contribution in [2.24, 2.45) is 0 Å². The predicted octanol–water partition coefficient (Wildman–Crippen LogP) is 2.34. The molecule has 0 saturated heterocycles. The fourth-order valence-electron chi connectivity index (χ4n) is 0.818. The van der Waals surface area contributed by atoms with E-state index in [1.807, 2.05) is 0 Å². The molecule has 0 radical (unpaired) electrons. The lowest BCUT2D eigenvalue weighted by Crippen LogP contribution is -2.23. The summed E-state index contributed by atoms with van der Waals surface area (Å²) in [6.07, 6.45) is 4.08. The third-order valence-electron chi connectivity index (χ3n) is 1.49. The highest BCUT2D eigenvalue weighted by molar-refractivity contribution is 9.13. The van der Waals surface area contributed by atoms with E-state index >= 15 is 0 Å². The lowest BCUT2D eigenvalue weighted by molar-refractivity contribution is 0.581. The van der Waals surface area contributed by atoms with E-state index in [0.717, 1.165) is 6.42 Å². The molecule has 0 aliphatic rings. The Labute approximate surface area is 92.7 Å². The van der Waals surface area contributed by atoms with Crippen LogP contribution in [0.2, 0.25) is 0 Å². The van der Waals surface area contributed by atoms with E-state index in [9.17, 15) is 4.79 Å². The number of aromatic nitrogens is 2. The van der Waals surface area contributed by atoms with Crippen LogP contribution in [0.4, 0.5) is 0 Å². The number of hydrogen-bond acceptors (Lipinski definition) is 2. The lowest BCUT2D eigenvalue weighted by Gasteiger charge is -2.02. The highest BCUT2D eigenvalue weighted by Gasteiger charge is 2.04. The van der Waals surface area contributed by atoms with E-state index in [1.165, 1.54) is 4.68 Å². The molecule has 0 fully saturated rings. The number of halogens is 2. The average molecular weight is 308 g/mol. The van der Waals surface area contributed by atoms with Gasteiger partial charge >= 0.3 is 0 Å². The zero-order valence-corrected chi connectivity index (χ0v) is 10.0. The van der Waals surface area contributed by atoms with Crippen LogP contribution in [-0.4, -0.2) is 9.78 Å². The molecule has 3 nitrogen and oxygen atoms in total. The van der Waals surface area contributed by atoms with Gasteiger partial charge in [-0.05, 0) is 38.3 Å². The molecule has 0 atom stereocenters. The standard InChI is InChI=1S/C8H8Br2N2O/c1-2-3-4-12-8(13)7(10)6(9)5-11-12/h2,5H,1,3-4H2. The lowest BCUT2D eigenvalue weighted by atomic mass is 10.4. The third kappa shape index (κ3) is 2.51. The number of nitrogens with zero attached hydrogens (tertiary/aromatic N) is 2. The largest absolute Gasteiger partial charge is 0.282 e. The Kier molecular flexibility index (Phi) is 3.87. The van der Waals surface area contributed by atoms with E-state index in [1.54, 1.807) is 12.3 Å². The van der Waals surface area contributed by atoms with Crippen molar-refractivity contribution in [2.75, 3.05) is 0 Å². The zero-order valence-electron chi connectivity index (χ0n) is 6.83. The van der Waals surface area contributed by atoms with Crippen LogP contribution in [0.15, 0.2) is 32.6 Å². The van der Waals surface area contributed by atoms with Crippen LogP contribution in [0.3, 0.4) is 0 Å². The molecule has 5 heteroatoms. The van der Waals surface area contributed by atoms with Crippen molar-refractivity contribution >= 4 is 31.9 Å². The molecule has 0 N–H and O–H groups in total. The fourth-order valence-corrected chi connectivity index (χ4v) is 1.39. The molecule has 70 valence electrons. The van der Waals surface area contributed by atoms with Crippen molar-refractivity contribution in [3.05, 3.63) is 38.2 Å². The number of allylic oxidation sites excluding steroid dienone is 1. The Bertz CT molecular complexity index is 373. The first-order chi connectivity index (χ1) is 6.16. The van der Waals surface area contributed by atoms with Crippen LogP contribution >= 0.6 is 31.9 Å². The SMILES string of the molecule is C=CCCn1ncc(Br)c(Br)c1=O. The van der Waals surface area contributed by atoms with Gasteiger partial charge in [-0.1, -0.05) is 6.08 Å². The Morgan fingerprint density at radius 2 is 2.31 bits per heavy atom. The van der Waals surface area contributed by atoms with E-state index in [2.05, 4.69) is 43.5 Å². The van der Waals surface area contributed by atoms with E-state index < -0.39 is 0 Å². The van der Waals surface area contributed by atoms with Crippen molar-refractivity contribution in [3.8, 4) is 0 Å². The summed E-state index contributed by atoms with van der Waals surface area (Å²) in [7, 11) is 0. The van der Waals surface area contributed by atoms with Crippen LogP contribution in [0.25, 0.3) is 0 Å². The first-order valence-electron chi connectivity index (χ1n) is 3.69. The first kappa shape index (κ1) is 10.7. The molecule has 0 aromatic carbocycles. The third-order valence-corrected chi connectivity index (χ3v) is 3.39. The molecule has 0 aliphatic heterocycles. The summed E-state index contributed by atoms with van der Waals surface area (Å²) in [5, 5.41) is 3.96. The molecular weight excluding hydrogens is 300 g/mol. The Hall–Kier alpha value is -0.420. The number of rotatable bonds is 3. The quantitative estimate of drug-likeness (QED) is 0.804. The molecule has 1 aromatic heterocycles. The topological polar surface area (TPSA) is 34.9 Å². The van der Waals surface area contributed by atoms with Crippen molar-refractivity contribution in [1.29, 1.82) is 0 Å². The number of aryl methyl sites for hydroxylation is 1. The molecule has 0 amide bonds. The molecule has 0 aliphatic carbocycles. The van der Waals surface area contributed by atoms with E-state index in [4.69, 9.17) is 0 Å². The van der Waals surface area contributed by atoms with E-state index in [0.29, 0.717) is 15.5 Å². The van der Waals surface area contributed by atoms with Gasteiger partial charge in [0.2, 0.25) is 0 Å². The second-order valence-corrected chi connectivity index (χ2v) is 4.06. The van der Waals surface area contributed by atoms with Gasteiger partial charge < -0.3 is 0 Å². The molecule has 0 spiro atoms. The Morgan fingerprint density at radius 3 is 2.92 bits per heavy atom. The summed E-state index contributed by atoms with van der Waals surface area (Å²) in [6.45, 7) is 4.14. The summed E-state index contributed by atoms with van der Waals surface area (Å²) in [5.41, 5.74) is -0.128. The zero-order chi connectivity index (χ0) is 9.84. The average Bonchev–Trinajstić information content (AvgIpc) is 2.13. The molecule has 0 saturated carbocycles. The maximum atomic E-state index is 11.5. The molecule has 1 aromatic rings. The molecule has 0 unspecified atom stereocenters. The van der Waals surface area contributed by atoms with E-state index in [-0.39, 0.29) is 5.56 Å². The predicted molar refractivity (Wildman–Crippen MR) is 58.7 cm³/mol. The Balaban J connectivity index is 3.04. The summed E-state index contributed by atoms with van der Waals surface area (Å²) in [5.74, 6) is 0. The summed E-state index contributed by atoms with van der Waals surface area (Å²) >= 11 is 6.38. The summed E-state index contributed by atoms with van der Waals surface area (Å²) < 4.78 is 2.58. The van der Waals surface area contributed by atoms with Crippen LogP contribution in [0.5, 0.6) is 0 Å². The van der Waals surface area contributed by atoms with Gasteiger partial charge in [0.05, 0.1) is 10.7 Å². The molecular formula is C8H8Br2N2O. The van der Waals surface area contributed by atoms with Gasteiger partial charge in [-0.2, -0.15) is 5.10 Å². The second-order valence-electron chi connectivity index (χ2n) is 2.41. The number of hydrogen-bond donors (Lipinski definition) is 0. The van der Waals surface area contributed by atoms with Gasteiger partial charge in [-0.3, -0.25) is 4.79 Å². The van der Waals surface area contributed by atoms with Crippen LogP contribution in [0.1, 0.15) is 6.42 Å². The maximum Gasteiger partial charge on any atom is 0.282 e. The fraction of sp³-hybridized carbons (Fsp3) is 0.250. The maximum absolute atomic E-state index is 11.5. The smallest absolute Gasteiger partial charge is 0.266 e. The van der Waals surface area contributed by atoms with Gasteiger partial charge in [0.25, 0.3) is 5.56 Å². The minimum Gasteiger partial charge on any atom is -0.266 e. The molecule has 1 heterocycles. The summed E-state index contributed by atoms with van der Waals surface area (Å²) in [6, 6.07) is 0. The van der Waals surface area contributed by atoms with Crippen molar-refractivity contribution < 1.29 is 0 Å². The highest BCUT2D eigenvalue weighted by atomic mass is 79.9. The first-order valence-corrected chi connectivity index (χ1v) is 5.27. The van der Waals surface area contributed by atoms with Crippen molar-refractivity contribution in [2.45, 2.75) is 13.0 Å². The minimum atomic E-state index is -0.128. The van der Waals surface area contributed by atoms with Crippen LogP contribution in [-0.2, 0) is 6.54 Å². The van der Waals surface area contributed by atoms with Gasteiger partial charge in [-0.15, -0.1) is 6.58 Å². The van der Waals surface area contributed by atoms with Crippen LogP contribution < -0.4 is 5.56 Å². The Morgan fingerprint density at radius 1 is 1.62 bits per heavy atom. The van der Waals surface area contributed by atoms with Crippen LogP contribution in [0, 0.1) is 0 Å². The molecule has 1 rings (SSSR count). The monoisotopic (exact) mass is 306 g/mol. The summed E-state index contributed by atoms with van der Waals surface area (Å²) in [4.78, 5) is 11.5. The highest BCUT2D eigenvalue weighted by Crippen LogP contribution is 2.16. The van der Waals surface area contributed by atoms with Crippen molar-refractivity contribution in [3.63, 3.8) is 0 Å². The van der Waals surface area contributed by atoms with Gasteiger partial charge in [-0.25, -0.2) is 4.68 Å². The van der Waals surface area contributed by atoms with Gasteiger partial charge in [0.1, 0.15) is 4.47 Å². The molecule has 0 bridgehead atoms. The van der Waals surface area contributed by atoms with Gasteiger partial charge in [0, 0.05) is 6.54 Å². The van der Waals surface area contributed by atoms with Gasteiger partial charge in [0.15, 0.2) is 0 Å². The molecule has 13 heavy (non-hydrogen) atoms. The second kappa shape index (κ2) is 4.72.